The minimum absolute atomic E-state index is 0.219. The summed E-state index contributed by atoms with van der Waals surface area (Å²) in [6, 6.07) is 14.1. The van der Waals surface area contributed by atoms with E-state index in [9.17, 15) is 14.0 Å². The third-order valence-electron chi connectivity index (χ3n) is 4.20. The molecule has 3 rings (SSSR count). The van der Waals surface area contributed by atoms with Gasteiger partial charge in [0.05, 0.1) is 12.1 Å². The Morgan fingerprint density at radius 3 is 2.27 bits per heavy atom. The number of carbonyl (C=O) groups excluding carboxylic acids is 2. The highest BCUT2D eigenvalue weighted by molar-refractivity contribution is 7.10. The van der Waals surface area contributed by atoms with Gasteiger partial charge in [0, 0.05) is 23.1 Å². The summed E-state index contributed by atoms with van der Waals surface area (Å²) in [5.74, 6) is -0.921. The fraction of sp³-hybridized carbons (Fsp3) is 0.143. The topological polar surface area (TPSA) is 37.4 Å². The first-order chi connectivity index (χ1) is 12.5. The quantitative estimate of drug-likeness (QED) is 0.613. The highest BCUT2D eigenvalue weighted by Gasteiger charge is 2.21. The van der Waals surface area contributed by atoms with Crippen LogP contribution in [0.2, 0.25) is 0 Å². The Bertz CT molecular complexity index is 947. The third kappa shape index (κ3) is 3.73. The molecular weight excluding hydrogens is 349 g/mol. The molecule has 26 heavy (non-hydrogen) atoms. The van der Waals surface area contributed by atoms with Crippen molar-refractivity contribution in [2.45, 2.75) is 13.5 Å². The van der Waals surface area contributed by atoms with Gasteiger partial charge in [-0.25, -0.2) is 4.39 Å². The Morgan fingerprint density at radius 1 is 1.00 bits per heavy atom. The van der Waals surface area contributed by atoms with Crippen LogP contribution in [0.5, 0.6) is 0 Å². The van der Waals surface area contributed by atoms with Crippen LogP contribution in [0.4, 0.5) is 4.39 Å². The van der Waals surface area contributed by atoms with Crippen LogP contribution in [0.25, 0.3) is 0 Å². The number of amides is 1. The van der Waals surface area contributed by atoms with Gasteiger partial charge in [0.15, 0.2) is 5.78 Å². The predicted molar refractivity (Wildman–Crippen MR) is 101 cm³/mol. The van der Waals surface area contributed by atoms with E-state index in [1.807, 2.05) is 18.4 Å². The molecule has 1 heterocycles. The van der Waals surface area contributed by atoms with E-state index in [0.717, 1.165) is 10.4 Å². The van der Waals surface area contributed by atoms with Crippen LogP contribution in [-0.4, -0.2) is 23.6 Å². The highest BCUT2D eigenvalue weighted by Crippen LogP contribution is 2.21. The van der Waals surface area contributed by atoms with Gasteiger partial charge in [0.25, 0.3) is 5.91 Å². The fourth-order valence-electron chi connectivity index (χ4n) is 2.68. The van der Waals surface area contributed by atoms with Crippen LogP contribution in [0.3, 0.4) is 0 Å². The van der Waals surface area contributed by atoms with E-state index < -0.39 is 5.82 Å². The lowest BCUT2D eigenvalue weighted by Gasteiger charge is -2.18. The Balaban J connectivity index is 1.88. The number of carbonyl (C=O) groups is 2. The largest absolute Gasteiger partial charge is 0.337 e. The Hall–Kier alpha value is -2.79. The van der Waals surface area contributed by atoms with Gasteiger partial charge in [-0.15, -0.1) is 11.3 Å². The molecule has 132 valence electrons. The standard InChI is InChI=1S/C21H18FNO2S/c1-14-11-12-26-19(14)13-23(2)21(25)18-6-4-3-5-17(18)20(24)15-7-9-16(22)10-8-15/h3-12H,13H2,1-2H3. The molecule has 0 fully saturated rings. The molecule has 0 unspecified atom stereocenters. The van der Waals surface area contributed by atoms with Crippen molar-refractivity contribution < 1.29 is 14.0 Å². The summed E-state index contributed by atoms with van der Waals surface area (Å²) >= 11 is 1.60. The molecule has 3 nitrogen and oxygen atoms in total. The first kappa shape index (κ1) is 18.0. The second-order valence-corrected chi connectivity index (χ2v) is 7.07. The molecule has 0 spiro atoms. The molecule has 0 saturated heterocycles. The lowest BCUT2D eigenvalue weighted by molar-refractivity contribution is 0.0781. The van der Waals surface area contributed by atoms with Gasteiger partial charge in [-0.3, -0.25) is 9.59 Å². The smallest absolute Gasteiger partial charge is 0.254 e. The van der Waals surface area contributed by atoms with E-state index in [1.165, 1.54) is 24.3 Å². The van der Waals surface area contributed by atoms with Crippen molar-refractivity contribution >= 4 is 23.0 Å². The molecule has 0 aliphatic carbocycles. The Morgan fingerprint density at radius 2 is 1.65 bits per heavy atom. The van der Waals surface area contributed by atoms with Crippen molar-refractivity contribution in [3.05, 3.63) is 92.9 Å². The van der Waals surface area contributed by atoms with Crippen LogP contribution in [0, 0.1) is 12.7 Å². The van der Waals surface area contributed by atoms with Crippen LogP contribution in [-0.2, 0) is 6.54 Å². The molecule has 2 aromatic carbocycles. The maximum atomic E-state index is 13.1. The van der Waals surface area contributed by atoms with Gasteiger partial charge >= 0.3 is 0 Å². The second kappa shape index (κ2) is 7.62. The minimum atomic E-state index is -0.406. The summed E-state index contributed by atoms with van der Waals surface area (Å²) in [4.78, 5) is 28.4. The molecule has 0 aliphatic rings. The highest BCUT2D eigenvalue weighted by atomic mass is 32.1. The number of ketones is 1. The number of nitrogens with zero attached hydrogens (tertiary/aromatic N) is 1. The minimum Gasteiger partial charge on any atom is -0.337 e. The van der Waals surface area contributed by atoms with E-state index in [0.29, 0.717) is 23.2 Å². The second-order valence-electron chi connectivity index (χ2n) is 6.07. The lowest BCUT2D eigenvalue weighted by Crippen LogP contribution is -2.27. The summed E-state index contributed by atoms with van der Waals surface area (Å²) in [5.41, 5.74) is 2.16. The van der Waals surface area contributed by atoms with Gasteiger partial charge in [-0.2, -0.15) is 0 Å². The van der Waals surface area contributed by atoms with E-state index in [-0.39, 0.29) is 11.7 Å². The Labute approximate surface area is 155 Å². The molecular formula is C21H18FNO2S. The van der Waals surface area contributed by atoms with Gasteiger partial charge < -0.3 is 4.90 Å². The molecule has 0 atom stereocenters. The third-order valence-corrected chi connectivity index (χ3v) is 5.21. The molecule has 5 heteroatoms. The summed E-state index contributed by atoms with van der Waals surface area (Å²) in [6.45, 7) is 2.50. The van der Waals surface area contributed by atoms with E-state index >= 15 is 0 Å². The number of thiophene rings is 1. The van der Waals surface area contributed by atoms with Gasteiger partial charge in [0.1, 0.15) is 5.82 Å². The van der Waals surface area contributed by atoms with E-state index in [4.69, 9.17) is 0 Å². The summed E-state index contributed by atoms with van der Waals surface area (Å²) in [6.07, 6.45) is 0. The molecule has 0 radical (unpaired) electrons. The van der Waals surface area contributed by atoms with Crippen LogP contribution in [0.1, 0.15) is 36.7 Å². The Kier molecular flexibility index (Phi) is 5.28. The van der Waals surface area contributed by atoms with Crippen LogP contribution in [0.15, 0.2) is 60.0 Å². The zero-order valence-electron chi connectivity index (χ0n) is 14.5. The van der Waals surface area contributed by atoms with Gasteiger partial charge in [-0.05, 0) is 54.3 Å². The monoisotopic (exact) mass is 367 g/mol. The number of hydrogen-bond acceptors (Lipinski definition) is 3. The predicted octanol–water partition coefficient (Wildman–Crippen LogP) is 4.70. The average Bonchev–Trinajstić information content (AvgIpc) is 3.05. The van der Waals surface area contributed by atoms with Gasteiger partial charge in [0.2, 0.25) is 0 Å². The number of halogens is 1. The number of rotatable bonds is 5. The maximum absolute atomic E-state index is 13.1. The number of aryl methyl sites for hydroxylation is 1. The first-order valence-electron chi connectivity index (χ1n) is 8.15. The van der Waals surface area contributed by atoms with Crippen molar-refractivity contribution in [1.29, 1.82) is 0 Å². The van der Waals surface area contributed by atoms with Crippen LogP contribution >= 0.6 is 11.3 Å². The molecule has 0 saturated carbocycles. The molecule has 0 bridgehead atoms. The van der Waals surface area contributed by atoms with Crippen molar-refractivity contribution in [3.63, 3.8) is 0 Å². The van der Waals surface area contributed by atoms with E-state index in [1.54, 1.807) is 47.5 Å². The van der Waals surface area contributed by atoms with Crippen molar-refractivity contribution in [3.8, 4) is 0 Å². The van der Waals surface area contributed by atoms with Crippen LogP contribution < -0.4 is 0 Å². The molecule has 3 aromatic rings. The fourth-order valence-corrected chi connectivity index (χ4v) is 3.64. The number of benzene rings is 2. The number of hydrogen-bond donors (Lipinski definition) is 0. The van der Waals surface area contributed by atoms with Crippen molar-refractivity contribution in [2.24, 2.45) is 0 Å². The van der Waals surface area contributed by atoms with Crippen molar-refractivity contribution in [2.75, 3.05) is 7.05 Å². The zero-order valence-corrected chi connectivity index (χ0v) is 15.3. The van der Waals surface area contributed by atoms with Crippen molar-refractivity contribution in [1.82, 2.24) is 4.90 Å². The molecule has 0 aliphatic heterocycles. The summed E-state index contributed by atoms with van der Waals surface area (Å²) in [5, 5.41) is 2.00. The summed E-state index contributed by atoms with van der Waals surface area (Å²) < 4.78 is 13.1. The van der Waals surface area contributed by atoms with Gasteiger partial charge in [-0.1, -0.05) is 18.2 Å². The van der Waals surface area contributed by atoms with E-state index in [2.05, 4.69) is 0 Å². The average molecular weight is 367 g/mol. The molecule has 1 aromatic heterocycles. The molecule has 1 amide bonds. The SMILES string of the molecule is Cc1ccsc1CN(C)C(=O)c1ccccc1C(=O)c1ccc(F)cc1. The summed E-state index contributed by atoms with van der Waals surface area (Å²) in [7, 11) is 1.72. The lowest BCUT2D eigenvalue weighted by atomic mass is 9.97. The first-order valence-corrected chi connectivity index (χ1v) is 9.03. The zero-order chi connectivity index (χ0) is 18.7. The normalized spacial score (nSPS) is 10.6. The molecule has 0 N–H and O–H groups in total. The maximum Gasteiger partial charge on any atom is 0.254 e.